The Balaban J connectivity index is 2.21. The Morgan fingerprint density at radius 1 is 1.25 bits per heavy atom. The molecule has 1 saturated heterocycles. The van der Waals surface area contributed by atoms with Gasteiger partial charge in [-0.15, -0.1) is 0 Å². The molecule has 1 aliphatic rings. The Hall–Kier alpha value is -1.73. The zero-order valence-corrected chi connectivity index (χ0v) is 18.2. The second kappa shape index (κ2) is 10.7. The molecule has 7 heteroatoms. The van der Waals surface area contributed by atoms with Crippen LogP contribution in [0.3, 0.4) is 0 Å². The van der Waals surface area contributed by atoms with Crippen molar-refractivity contribution in [2.75, 3.05) is 40.5 Å². The molecule has 0 bridgehead atoms. The van der Waals surface area contributed by atoms with Crippen LogP contribution in [0.1, 0.15) is 44.0 Å². The molecule has 0 N–H and O–H groups in total. The zero-order valence-electron chi connectivity index (χ0n) is 18.2. The lowest BCUT2D eigenvalue weighted by Gasteiger charge is -2.43. The molecule has 2 rings (SSSR count). The number of ether oxygens (including phenoxy) is 3. The van der Waals surface area contributed by atoms with Crippen molar-refractivity contribution < 1.29 is 19.0 Å². The number of piperidine rings is 1. The fraction of sp³-hybridized carbons (Fsp3) is 0.667. The number of methoxy groups -OCH3 is 2. The minimum Gasteiger partial charge on any atom is -0.493 e. The molecule has 2 unspecified atom stereocenters. The third kappa shape index (κ3) is 5.88. The predicted octanol–water partition coefficient (Wildman–Crippen LogP) is 2.22. The van der Waals surface area contributed by atoms with Crippen LogP contribution in [0.25, 0.3) is 0 Å². The van der Waals surface area contributed by atoms with Gasteiger partial charge in [0.15, 0.2) is 19.5 Å². The van der Waals surface area contributed by atoms with Crippen LogP contribution >= 0.6 is 0 Å². The predicted molar refractivity (Wildman–Crippen MR) is 114 cm³/mol. The van der Waals surface area contributed by atoms with Gasteiger partial charge in [0.2, 0.25) is 0 Å². The highest BCUT2D eigenvalue weighted by atomic mass is 16.5. The van der Waals surface area contributed by atoms with Crippen molar-refractivity contribution in [2.45, 2.75) is 45.7 Å². The van der Waals surface area contributed by atoms with Crippen molar-refractivity contribution in [3.63, 3.8) is 0 Å². The van der Waals surface area contributed by atoms with Crippen LogP contribution in [0.15, 0.2) is 18.2 Å². The van der Waals surface area contributed by atoms with E-state index in [1.54, 1.807) is 20.3 Å². The van der Waals surface area contributed by atoms with Crippen LogP contribution in [0, 0.1) is 5.92 Å². The quantitative estimate of drug-likeness (QED) is 0.478. The number of benzene rings is 1. The van der Waals surface area contributed by atoms with Gasteiger partial charge in [0.25, 0.3) is 5.91 Å². The molecule has 0 aliphatic carbocycles. The second-order valence-corrected chi connectivity index (χ2v) is 8.08. The van der Waals surface area contributed by atoms with Crippen molar-refractivity contribution in [1.82, 2.24) is 9.71 Å². The van der Waals surface area contributed by atoms with Gasteiger partial charge in [0.1, 0.15) is 0 Å². The van der Waals surface area contributed by atoms with E-state index in [-0.39, 0.29) is 18.0 Å². The number of amides is 1. The average Bonchev–Trinajstić information content (AvgIpc) is 2.64. The first-order chi connectivity index (χ1) is 13.4. The van der Waals surface area contributed by atoms with Crippen LogP contribution < -0.4 is 9.47 Å². The summed E-state index contributed by atoms with van der Waals surface area (Å²) in [5.41, 5.74) is 0.636. The van der Waals surface area contributed by atoms with E-state index < -0.39 is 0 Å². The smallest absolute Gasteiger partial charge is 0.254 e. The van der Waals surface area contributed by atoms with Crippen LogP contribution in [0.2, 0.25) is 0 Å². The number of carbonyl (C=O) groups is 1. The molecule has 28 heavy (non-hydrogen) atoms. The molecule has 0 aromatic heterocycles. The first-order valence-electron chi connectivity index (χ1n) is 10.2. The topological polar surface area (TPSA) is 51.2 Å². The Kier molecular flexibility index (Phi) is 8.64. The lowest BCUT2D eigenvalue weighted by atomic mass is 9.91. The molecule has 156 valence electrons. The van der Waals surface area contributed by atoms with Crippen molar-refractivity contribution in [3.8, 4) is 11.5 Å². The van der Waals surface area contributed by atoms with Crippen molar-refractivity contribution in [2.24, 2.45) is 5.92 Å². The normalized spacial score (nSPS) is 20.2. The Morgan fingerprint density at radius 3 is 2.61 bits per heavy atom. The summed E-state index contributed by atoms with van der Waals surface area (Å²) in [6.07, 6.45) is 1.81. The number of carbonyl (C=O) groups excluding carboxylic acids is 1. The molecular weight excluding hydrogens is 355 g/mol. The molecular formula is C21H35BN2O4. The maximum atomic E-state index is 13.4. The van der Waals surface area contributed by atoms with Gasteiger partial charge >= 0.3 is 0 Å². The average molecular weight is 390 g/mol. The largest absolute Gasteiger partial charge is 0.493 e. The minimum absolute atomic E-state index is 0.0481. The van der Waals surface area contributed by atoms with Gasteiger partial charge in [-0.2, -0.15) is 0 Å². The molecule has 1 aromatic rings. The summed E-state index contributed by atoms with van der Waals surface area (Å²) in [4.78, 5) is 17.8. The summed E-state index contributed by atoms with van der Waals surface area (Å²) in [7, 11) is 5.41. The van der Waals surface area contributed by atoms with Crippen LogP contribution in [0.4, 0.5) is 0 Å². The summed E-state index contributed by atoms with van der Waals surface area (Å²) in [6, 6.07) is 5.79. The van der Waals surface area contributed by atoms with E-state index in [0.29, 0.717) is 36.2 Å². The van der Waals surface area contributed by atoms with Gasteiger partial charge in [-0.1, -0.05) is 6.92 Å². The monoisotopic (exact) mass is 390 g/mol. The third-order valence-corrected chi connectivity index (χ3v) is 5.17. The standard InChI is InChI=1S/C21H35BN2O4/c1-15(2)24(18-11-16(3)13-23(22)14-18)21(25)17-7-8-19(27-5)20(12-17)28-10-6-9-26-4/h7-8,12,15-16,18H,6,9-11,13-14,22H2,1-5H3. The maximum Gasteiger partial charge on any atom is 0.254 e. The molecule has 1 aliphatic heterocycles. The van der Waals surface area contributed by atoms with Gasteiger partial charge in [-0.25, -0.2) is 0 Å². The zero-order chi connectivity index (χ0) is 20.7. The molecule has 0 radical (unpaired) electrons. The summed E-state index contributed by atoms with van der Waals surface area (Å²) in [6.45, 7) is 9.57. The van der Waals surface area contributed by atoms with Crippen LogP contribution in [0.5, 0.6) is 11.5 Å². The molecule has 1 heterocycles. The second-order valence-electron chi connectivity index (χ2n) is 8.08. The highest BCUT2D eigenvalue weighted by molar-refractivity contribution is 6.04. The summed E-state index contributed by atoms with van der Waals surface area (Å²) in [5.74, 6) is 1.86. The van der Waals surface area contributed by atoms with Gasteiger partial charge in [-0.3, -0.25) is 4.79 Å². The van der Waals surface area contributed by atoms with E-state index in [2.05, 4.69) is 33.6 Å². The molecule has 0 spiro atoms. The number of rotatable bonds is 9. The molecule has 1 fully saturated rings. The van der Waals surface area contributed by atoms with Gasteiger partial charge in [-0.05, 0) is 50.9 Å². The van der Waals surface area contributed by atoms with Crippen LogP contribution in [-0.4, -0.2) is 76.2 Å². The highest BCUT2D eigenvalue weighted by Crippen LogP contribution is 2.30. The highest BCUT2D eigenvalue weighted by Gasteiger charge is 2.32. The van der Waals surface area contributed by atoms with Crippen molar-refractivity contribution >= 4 is 13.9 Å². The van der Waals surface area contributed by atoms with E-state index in [9.17, 15) is 4.79 Å². The van der Waals surface area contributed by atoms with Gasteiger partial charge in [0.05, 0.1) is 13.7 Å². The van der Waals surface area contributed by atoms with Gasteiger partial charge < -0.3 is 23.9 Å². The summed E-state index contributed by atoms with van der Waals surface area (Å²) in [5, 5.41) is 0. The summed E-state index contributed by atoms with van der Waals surface area (Å²) >= 11 is 0. The van der Waals surface area contributed by atoms with E-state index in [1.807, 2.05) is 17.0 Å². The molecule has 1 amide bonds. The fourth-order valence-electron chi connectivity index (χ4n) is 4.06. The van der Waals surface area contributed by atoms with Crippen molar-refractivity contribution in [3.05, 3.63) is 23.8 Å². The van der Waals surface area contributed by atoms with E-state index >= 15 is 0 Å². The molecule has 1 aromatic carbocycles. The Labute approximate surface area is 170 Å². The first kappa shape index (κ1) is 22.6. The van der Waals surface area contributed by atoms with Gasteiger partial charge in [0, 0.05) is 44.3 Å². The maximum absolute atomic E-state index is 13.4. The third-order valence-electron chi connectivity index (χ3n) is 5.17. The first-order valence-corrected chi connectivity index (χ1v) is 10.2. The molecule has 6 nitrogen and oxygen atoms in total. The number of nitrogens with zero attached hydrogens (tertiary/aromatic N) is 2. The van der Waals surface area contributed by atoms with E-state index in [0.717, 1.165) is 25.9 Å². The fourth-order valence-corrected chi connectivity index (χ4v) is 4.06. The lowest BCUT2D eigenvalue weighted by molar-refractivity contribution is 0.0479. The van der Waals surface area contributed by atoms with E-state index in [4.69, 9.17) is 14.2 Å². The SMILES string of the molecule is BN1CC(C)CC(N(C(=O)c2ccc(OC)c(OCCCOC)c2)C(C)C)C1. The van der Waals surface area contributed by atoms with E-state index in [1.165, 1.54) is 0 Å². The van der Waals surface area contributed by atoms with Crippen molar-refractivity contribution in [1.29, 1.82) is 0 Å². The minimum atomic E-state index is 0.0481. The number of hydrogen-bond acceptors (Lipinski definition) is 5. The Bertz CT molecular complexity index is 631. The number of hydrogen-bond donors (Lipinski definition) is 0. The van der Waals surface area contributed by atoms with Crippen LogP contribution in [-0.2, 0) is 4.74 Å². The Morgan fingerprint density at radius 2 is 2.00 bits per heavy atom. The molecule has 2 atom stereocenters. The lowest BCUT2D eigenvalue weighted by Crippen LogP contribution is -2.54. The molecule has 0 saturated carbocycles. The summed E-state index contributed by atoms with van der Waals surface area (Å²) < 4.78 is 16.3.